The normalized spacial score (nSPS) is 11.2. The van der Waals surface area contributed by atoms with E-state index in [0.29, 0.717) is 5.69 Å². The summed E-state index contributed by atoms with van der Waals surface area (Å²) < 4.78 is 25.0. The molecule has 0 radical (unpaired) electrons. The van der Waals surface area contributed by atoms with Gasteiger partial charge in [0, 0.05) is 7.05 Å². The summed E-state index contributed by atoms with van der Waals surface area (Å²) in [4.78, 5) is 0.343. The number of rotatable bonds is 3. The molecule has 0 spiro atoms. The average molecular weight is 282 g/mol. The Morgan fingerprint density at radius 1 is 0.944 bits per heavy atom. The molecule has 0 fully saturated rings. The Balaban J connectivity index is 2.66. The first-order valence-corrected chi connectivity index (χ1v) is 7.20. The number of nitrogens with one attached hydrogen (secondary N) is 1. The van der Waals surface area contributed by atoms with E-state index in [-0.39, 0.29) is 14.8 Å². The molecule has 2 aromatic rings. The molecule has 1 N–H and O–H groups in total. The van der Waals surface area contributed by atoms with Crippen molar-refractivity contribution < 1.29 is 8.42 Å². The molecule has 0 saturated heterocycles. The first kappa shape index (κ1) is 12.9. The van der Waals surface area contributed by atoms with Crippen molar-refractivity contribution in [2.24, 2.45) is 0 Å². The maximum atomic E-state index is 12.5. The van der Waals surface area contributed by atoms with E-state index in [9.17, 15) is 8.42 Å². The summed E-state index contributed by atoms with van der Waals surface area (Å²) in [7, 11) is -1.93. The van der Waals surface area contributed by atoms with Crippen LogP contribution in [0.25, 0.3) is 0 Å². The molecule has 94 valence electrons. The van der Waals surface area contributed by atoms with Crippen LogP contribution in [0.3, 0.4) is 0 Å². The van der Waals surface area contributed by atoms with E-state index < -0.39 is 9.84 Å². The third-order valence-electron chi connectivity index (χ3n) is 2.57. The Labute approximate surface area is 111 Å². The van der Waals surface area contributed by atoms with Crippen molar-refractivity contribution in [3.8, 4) is 0 Å². The Morgan fingerprint density at radius 3 is 2.11 bits per heavy atom. The summed E-state index contributed by atoms with van der Waals surface area (Å²) in [5, 5.41) is 3.09. The first-order chi connectivity index (χ1) is 8.57. The monoisotopic (exact) mass is 281 g/mol. The van der Waals surface area contributed by atoms with E-state index in [4.69, 9.17) is 11.6 Å². The highest BCUT2D eigenvalue weighted by atomic mass is 35.5. The maximum Gasteiger partial charge on any atom is 0.210 e. The molecule has 3 nitrogen and oxygen atoms in total. The van der Waals surface area contributed by atoms with Gasteiger partial charge in [0.05, 0.1) is 20.5 Å². The van der Waals surface area contributed by atoms with Gasteiger partial charge >= 0.3 is 0 Å². The van der Waals surface area contributed by atoms with Gasteiger partial charge in [-0.3, -0.25) is 0 Å². The van der Waals surface area contributed by atoms with E-state index in [1.54, 1.807) is 49.5 Å². The van der Waals surface area contributed by atoms with Crippen molar-refractivity contribution in [3.05, 3.63) is 53.6 Å². The molecule has 0 aliphatic rings. The number of hydrogen-bond donors (Lipinski definition) is 1. The second-order valence-electron chi connectivity index (χ2n) is 3.68. The Morgan fingerprint density at radius 2 is 1.50 bits per heavy atom. The van der Waals surface area contributed by atoms with Crippen LogP contribution in [0.1, 0.15) is 0 Å². The average Bonchev–Trinajstić information content (AvgIpc) is 2.39. The summed E-state index contributed by atoms with van der Waals surface area (Å²) in [5.41, 5.74) is 0.553. The number of sulfone groups is 1. The predicted molar refractivity (Wildman–Crippen MR) is 72.9 cm³/mol. The molecule has 0 saturated carbocycles. The van der Waals surface area contributed by atoms with E-state index in [1.807, 2.05) is 0 Å². The lowest BCUT2D eigenvalue weighted by Gasteiger charge is -2.10. The van der Waals surface area contributed by atoms with Crippen LogP contribution in [0.15, 0.2) is 58.3 Å². The summed E-state index contributed by atoms with van der Waals surface area (Å²) in [5.74, 6) is 0. The molecule has 0 unspecified atom stereocenters. The summed E-state index contributed by atoms with van der Waals surface area (Å²) in [6.07, 6.45) is 0. The van der Waals surface area contributed by atoms with Gasteiger partial charge in [-0.2, -0.15) is 0 Å². The SMILES string of the molecule is CNc1ccccc1S(=O)(=O)c1ccccc1Cl. The standard InChI is InChI=1S/C13H12ClNO2S/c1-15-11-7-3-5-9-13(11)18(16,17)12-8-4-2-6-10(12)14/h2-9,15H,1H3. The minimum Gasteiger partial charge on any atom is -0.387 e. The van der Waals surface area contributed by atoms with E-state index in [2.05, 4.69) is 5.32 Å². The Bertz CT molecular complexity index is 668. The number of benzene rings is 2. The van der Waals surface area contributed by atoms with Gasteiger partial charge in [0.1, 0.15) is 0 Å². The van der Waals surface area contributed by atoms with Crippen LogP contribution in [0.4, 0.5) is 5.69 Å². The van der Waals surface area contributed by atoms with Crippen molar-refractivity contribution in [1.29, 1.82) is 0 Å². The lowest BCUT2D eigenvalue weighted by molar-refractivity contribution is 0.596. The molecule has 0 aliphatic heterocycles. The van der Waals surface area contributed by atoms with Crippen LogP contribution in [0.5, 0.6) is 0 Å². The second kappa shape index (κ2) is 5.00. The molecule has 0 heterocycles. The smallest absolute Gasteiger partial charge is 0.210 e. The lowest BCUT2D eigenvalue weighted by Crippen LogP contribution is -2.06. The second-order valence-corrected chi connectivity index (χ2v) is 5.97. The van der Waals surface area contributed by atoms with Crippen LogP contribution in [0.2, 0.25) is 5.02 Å². The largest absolute Gasteiger partial charge is 0.387 e. The molecular weight excluding hydrogens is 270 g/mol. The summed E-state index contributed by atoms with van der Waals surface area (Å²) in [6.45, 7) is 0. The van der Waals surface area contributed by atoms with Crippen LogP contribution in [-0.4, -0.2) is 15.5 Å². The van der Waals surface area contributed by atoms with Crippen LogP contribution < -0.4 is 5.32 Å². The zero-order valence-electron chi connectivity index (χ0n) is 9.72. The third kappa shape index (κ3) is 2.21. The van der Waals surface area contributed by atoms with Gasteiger partial charge in [0.15, 0.2) is 0 Å². The fourth-order valence-corrected chi connectivity index (χ4v) is 3.67. The Kier molecular flexibility index (Phi) is 3.59. The van der Waals surface area contributed by atoms with Gasteiger partial charge in [-0.05, 0) is 24.3 Å². The van der Waals surface area contributed by atoms with E-state index in [1.165, 1.54) is 6.07 Å². The fraction of sp³-hybridized carbons (Fsp3) is 0.0769. The third-order valence-corrected chi connectivity index (χ3v) is 4.88. The molecule has 0 aliphatic carbocycles. The topological polar surface area (TPSA) is 46.2 Å². The zero-order chi connectivity index (χ0) is 13.2. The number of hydrogen-bond acceptors (Lipinski definition) is 3. The lowest BCUT2D eigenvalue weighted by atomic mass is 10.3. The van der Waals surface area contributed by atoms with E-state index in [0.717, 1.165) is 0 Å². The van der Waals surface area contributed by atoms with Crippen molar-refractivity contribution >= 4 is 27.1 Å². The molecule has 2 rings (SSSR count). The van der Waals surface area contributed by atoms with Crippen molar-refractivity contribution in [3.63, 3.8) is 0 Å². The van der Waals surface area contributed by atoms with Crippen LogP contribution in [-0.2, 0) is 9.84 Å². The van der Waals surface area contributed by atoms with Gasteiger partial charge < -0.3 is 5.32 Å². The summed E-state index contributed by atoms with van der Waals surface area (Å²) >= 11 is 5.95. The van der Waals surface area contributed by atoms with Gasteiger partial charge in [-0.15, -0.1) is 0 Å². The molecule has 0 amide bonds. The molecular formula is C13H12ClNO2S. The molecule has 0 bridgehead atoms. The number of halogens is 1. The fourth-order valence-electron chi connectivity index (χ4n) is 1.69. The first-order valence-electron chi connectivity index (χ1n) is 5.34. The highest BCUT2D eigenvalue weighted by Gasteiger charge is 2.22. The molecule has 0 aromatic heterocycles. The molecule has 2 aromatic carbocycles. The highest BCUT2D eigenvalue weighted by Crippen LogP contribution is 2.31. The number of anilines is 1. The van der Waals surface area contributed by atoms with Gasteiger partial charge in [-0.25, -0.2) is 8.42 Å². The summed E-state index contributed by atoms with van der Waals surface area (Å²) in [6, 6.07) is 13.2. The predicted octanol–water partition coefficient (Wildman–Crippen LogP) is 3.21. The van der Waals surface area contributed by atoms with E-state index >= 15 is 0 Å². The zero-order valence-corrected chi connectivity index (χ0v) is 11.3. The minimum absolute atomic E-state index is 0.120. The van der Waals surface area contributed by atoms with Gasteiger partial charge in [0.25, 0.3) is 0 Å². The molecule has 5 heteroatoms. The van der Waals surface area contributed by atoms with Crippen molar-refractivity contribution in [1.82, 2.24) is 0 Å². The number of para-hydroxylation sites is 1. The highest BCUT2D eigenvalue weighted by molar-refractivity contribution is 7.91. The maximum absolute atomic E-state index is 12.5. The molecule has 0 atom stereocenters. The minimum atomic E-state index is -3.61. The van der Waals surface area contributed by atoms with Crippen LogP contribution in [0, 0.1) is 0 Å². The van der Waals surface area contributed by atoms with Gasteiger partial charge in [0.2, 0.25) is 9.84 Å². The quantitative estimate of drug-likeness (QED) is 0.940. The van der Waals surface area contributed by atoms with Gasteiger partial charge in [-0.1, -0.05) is 35.9 Å². The molecule has 18 heavy (non-hydrogen) atoms. The van der Waals surface area contributed by atoms with Crippen molar-refractivity contribution in [2.45, 2.75) is 9.79 Å². The van der Waals surface area contributed by atoms with Crippen molar-refractivity contribution in [2.75, 3.05) is 12.4 Å². The Hall–Kier alpha value is -1.52. The van der Waals surface area contributed by atoms with Crippen LogP contribution >= 0.6 is 11.6 Å².